The number of halogens is 2. The molecule has 1 aromatic carbocycles. The van der Waals surface area contributed by atoms with Gasteiger partial charge in [-0.3, -0.25) is 5.41 Å². The summed E-state index contributed by atoms with van der Waals surface area (Å²) in [5, 5.41) is 16.0. The molecule has 2 aliphatic heterocycles. The van der Waals surface area contributed by atoms with E-state index in [-0.39, 0.29) is 11.5 Å². The molecule has 156 valence electrons. The summed E-state index contributed by atoms with van der Waals surface area (Å²) >= 11 is 12.5. The quantitative estimate of drug-likeness (QED) is 0.359. The summed E-state index contributed by atoms with van der Waals surface area (Å²) in [4.78, 5) is 6.48. The van der Waals surface area contributed by atoms with Gasteiger partial charge in [0.25, 0.3) is 0 Å². The van der Waals surface area contributed by atoms with Crippen molar-refractivity contribution in [1.82, 2.24) is 15.5 Å². The van der Waals surface area contributed by atoms with Crippen molar-refractivity contribution < 1.29 is 0 Å². The van der Waals surface area contributed by atoms with Gasteiger partial charge >= 0.3 is 0 Å². The van der Waals surface area contributed by atoms with Crippen molar-refractivity contribution in [2.75, 3.05) is 26.2 Å². The third-order valence-corrected chi connectivity index (χ3v) is 5.79. The molecule has 7 N–H and O–H groups in total. The first-order valence-corrected chi connectivity index (χ1v) is 10.3. The summed E-state index contributed by atoms with van der Waals surface area (Å²) in [6, 6.07) is 5.39. The largest absolute Gasteiger partial charge is 0.396 e. The zero-order valence-corrected chi connectivity index (χ0v) is 17.9. The lowest BCUT2D eigenvalue weighted by Gasteiger charge is -2.32. The molecule has 1 atom stereocenters. The Bertz CT molecular complexity index is 870. The molecule has 2 heterocycles. The van der Waals surface area contributed by atoms with Crippen molar-refractivity contribution in [2.24, 2.45) is 22.4 Å². The first kappa shape index (κ1) is 21.5. The minimum absolute atomic E-state index is 0.0426. The van der Waals surface area contributed by atoms with Crippen molar-refractivity contribution in [3.8, 4) is 0 Å². The molecule has 7 nitrogen and oxygen atoms in total. The number of hydrogen-bond acceptors (Lipinski definition) is 6. The lowest BCUT2D eigenvalue weighted by molar-refractivity contribution is 0.321. The molecule has 3 rings (SSSR count). The Kier molecular flexibility index (Phi) is 7.05. The van der Waals surface area contributed by atoms with Crippen molar-refractivity contribution in [1.29, 1.82) is 5.41 Å². The molecule has 0 aromatic heterocycles. The van der Waals surface area contributed by atoms with Crippen LogP contribution < -0.4 is 22.1 Å². The van der Waals surface area contributed by atoms with E-state index in [0.29, 0.717) is 47.1 Å². The van der Waals surface area contributed by atoms with Gasteiger partial charge in [0.2, 0.25) is 0 Å². The maximum atomic E-state index is 8.28. The standard InChI is InChI=1S/C20H27Cl2N7/c1-12(13-4-5-26-10-13)28-19(24)17(23)9-18-20(25)27-6-7-29(18)11-14-8-15(21)2-3-16(14)22/h2-3,8-9,13,24,26-27H,4-7,10-11,23,25H2,1H3/b17-9-,24-19?,28-12+. The average molecular weight is 436 g/mol. The second-order valence-corrected chi connectivity index (χ2v) is 8.12. The van der Waals surface area contributed by atoms with Crippen LogP contribution in [0.5, 0.6) is 0 Å². The summed E-state index contributed by atoms with van der Waals surface area (Å²) in [6.07, 6.45) is 2.73. The number of hydrogen-bond donors (Lipinski definition) is 5. The van der Waals surface area contributed by atoms with Crippen LogP contribution in [0.25, 0.3) is 0 Å². The van der Waals surface area contributed by atoms with Gasteiger partial charge in [-0.15, -0.1) is 0 Å². The molecule has 1 unspecified atom stereocenters. The molecule has 9 heteroatoms. The van der Waals surface area contributed by atoms with Crippen LogP contribution in [0.3, 0.4) is 0 Å². The van der Waals surface area contributed by atoms with Gasteiger partial charge in [-0.05, 0) is 49.7 Å². The van der Waals surface area contributed by atoms with Crippen LogP contribution in [-0.4, -0.2) is 42.6 Å². The number of nitrogens with two attached hydrogens (primary N) is 2. The van der Waals surface area contributed by atoms with Gasteiger partial charge in [-0.2, -0.15) is 0 Å². The SMILES string of the molecule is C/C(=N\C(=N)/C(N)=C/C1=C(N)NCCN1Cc1cc(Cl)ccc1Cl)C1CCNC1. The monoisotopic (exact) mass is 435 g/mol. The molecule has 1 aromatic rings. The fourth-order valence-electron chi connectivity index (χ4n) is 3.47. The van der Waals surface area contributed by atoms with Crippen molar-refractivity contribution in [2.45, 2.75) is 19.9 Å². The molecule has 0 aliphatic carbocycles. The van der Waals surface area contributed by atoms with Crippen LogP contribution in [0, 0.1) is 11.3 Å². The van der Waals surface area contributed by atoms with Gasteiger partial charge in [-0.1, -0.05) is 23.2 Å². The second-order valence-electron chi connectivity index (χ2n) is 7.27. The number of allylic oxidation sites excluding steroid dienone is 1. The van der Waals surface area contributed by atoms with Gasteiger partial charge in [0, 0.05) is 47.9 Å². The molecule has 0 amide bonds. The fourth-order valence-corrected chi connectivity index (χ4v) is 3.84. The maximum absolute atomic E-state index is 8.28. The van der Waals surface area contributed by atoms with Crippen LogP contribution >= 0.6 is 23.2 Å². The van der Waals surface area contributed by atoms with Gasteiger partial charge in [-0.25, -0.2) is 4.99 Å². The number of aliphatic imine (C=N–C) groups is 1. The lowest BCUT2D eigenvalue weighted by atomic mass is 10.0. The molecule has 1 fully saturated rings. The number of amidine groups is 1. The van der Waals surface area contributed by atoms with E-state index in [2.05, 4.69) is 20.5 Å². The Labute approximate surface area is 181 Å². The normalized spacial score (nSPS) is 20.8. The smallest absolute Gasteiger partial charge is 0.167 e. The van der Waals surface area contributed by atoms with Crippen molar-refractivity contribution in [3.63, 3.8) is 0 Å². The van der Waals surface area contributed by atoms with Crippen molar-refractivity contribution in [3.05, 3.63) is 57.1 Å². The molecule has 29 heavy (non-hydrogen) atoms. The lowest BCUT2D eigenvalue weighted by Crippen LogP contribution is -2.41. The van der Waals surface area contributed by atoms with Gasteiger partial charge in [0.15, 0.2) is 5.84 Å². The Balaban J connectivity index is 1.80. The fraction of sp³-hybridized carbons (Fsp3) is 0.400. The predicted molar refractivity (Wildman–Crippen MR) is 120 cm³/mol. The summed E-state index contributed by atoms with van der Waals surface area (Å²) < 4.78 is 0. The van der Waals surface area contributed by atoms with Crippen LogP contribution in [-0.2, 0) is 6.54 Å². The van der Waals surface area contributed by atoms with Crippen LogP contribution in [0.15, 0.2) is 46.5 Å². The summed E-state index contributed by atoms with van der Waals surface area (Å²) in [5.74, 6) is 0.900. The van der Waals surface area contributed by atoms with Gasteiger partial charge < -0.3 is 27.0 Å². The van der Waals surface area contributed by atoms with Gasteiger partial charge in [0.1, 0.15) is 5.82 Å². The zero-order chi connectivity index (χ0) is 21.0. The number of nitrogens with one attached hydrogen (secondary N) is 3. The van der Waals surface area contributed by atoms with Crippen molar-refractivity contribution >= 4 is 34.7 Å². The third kappa shape index (κ3) is 5.44. The minimum atomic E-state index is 0.0426. The molecule has 0 bridgehead atoms. The Hall–Kier alpha value is -2.22. The van der Waals surface area contributed by atoms with E-state index in [9.17, 15) is 0 Å². The van der Waals surface area contributed by atoms with E-state index >= 15 is 0 Å². The second kappa shape index (κ2) is 9.52. The topological polar surface area (TPSA) is 116 Å². The number of nitrogens with zero attached hydrogens (tertiary/aromatic N) is 2. The average Bonchev–Trinajstić information content (AvgIpc) is 3.22. The van der Waals surface area contributed by atoms with E-state index in [4.69, 9.17) is 40.1 Å². The molecule has 0 spiro atoms. The zero-order valence-electron chi connectivity index (χ0n) is 16.4. The number of benzene rings is 1. The highest BCUT2D eigenvalue weighted by atomic mass is 35.5. The molecular weight excluding hydrogens is 409 g/mol. The minimum Gasteiger partial charge on any atom is -0.396 e. The van der Waals surface area contributed by atoms with Gasteiger partial charge in [0.05, 0.1) is 11.4 Å². The van der Waals surface area contributed by atoms with Crippen LogP contribution in [0.2, 0.25) is 10.0 Å². The molecular formula is C20H27Cl2N7. The van der Waals surface area contributed by atoms with E-state index in [0.717, 1.165) is 30.8 Å². The highest BCUT2D eigenvalue weighted by Crippen LogP contribution is 2.25. The summed E-state index contributed by atoms with van der Waals surface area (Å²) in [6.45, 7) is 5.76. The first-order chi connectivity index (χ1) is 13.8. The van der Waals surface area contributed by atoms with E-state index < -0.39 is 0 Å². The highest BCUT2D eigenvalue weighted by Gasteiger charge is 2.20. The Morgan fingerprint density at radius 3 is 2.90 bits per heavy atom. The van der Waals surface area contributed by atoms with E-state index in [1.54, 1.807) is 18.2 Å². The molecule has 0 radical (unpaired) electrons. The number of rotatable bonds is 5. The van der Waals surface area contributed by atoms with Crippen LogP contribution in [0.1, 0.15) is 18.9 Å². The third-order valence-electron chi connectivity index (χ3n) is 5.19. The first-order valence-electron chi connectivity index (χ1n) is 9.59. The summed E-state index contributed by atoms with van der Waals surface area (Å²) in [7, 11) is 0. The molecule has 0 saturated carbocycles. The molecule has 2 aliphatic rings. The highest BCUT2D eigenvalue weighted by molar-refractivity contribution is 6.33. The predicted octanol–water partition coefficient (Wildman–Crippen LogP) is 2.42. The Morgan fingerprint density at radius 1 is 1.38 bits per heavy atom. The maximum Gasteiger partial charge on any atom is 0.167 e. The van der Waals surface area contributed by atoms with E-state index in [1.165, 1.54) is 0 Å². The van der Waals surface area contributed by atoms with E-state index in [1.807, 2.05) is 13.0 Å². The summed E-state index contributed by atoms with van der Waals surface area (Å²) in [5.41, 5.74) is 15.2. The Morgan fingerprint density at radius 2 is 2.17 bits per heavy atom. The molecule has 1 saturated heterocycles. The van der Waals surface area contributed by atoms with Crippen LogP contribution in [0.4, 0.5) is 0 Å².